The second-order valence-corrected chi connectivity index (χ2v) is 5.44. The Morgan fingerprint density at radius 1 is 1.29 bits per heavy atom. The highest BCUT2D eigenvalue weighted by Crippen LogP contribution is 2.17. The van der Waals surface area contributed by atoms with E-state index in [0.717, 1.165) is 22.1 Å². The summed E-state index contributed by atoms with van der Waals surface area (Å²) in [4.78, 5) is 11.7. The van der Waals surface area contributed by atoms with Gasteiger partial charge >= 0.3 is 5.76 Å². The number of fused-ring (bicyclic) bond motifs is 1. The van der Waals surface area contributed by atoms with Crippen LogP contribution in [0.3, 0.4) is 0 Å². The summed E-state index contributed by atoms with van der Waals surface area (Å²) in [7, 11) is 0. The van der Waals surface area contributed by atoms with Gasteiger partial charge in [-0.2, -0.15) is 0 Å². The molecule has 1 heterocycles. The topological polar surface area (TPSA) is 35.1 Å². The van der Waals surface area contributed by atoms with Gasteiger partial charge in [0.05, 0.1) is 5.52 Å². The average Bonchev–Trinajstić information content (AvgIpc) is 2.61. The van der Waals surface area contributed by atoms with Gasteiger partial charge in [0.15, 0.2) is 5.58 Å². The van der Waals surface area contributed by atoms with Gasteiger partial charge in [0, 0.05) is 10.1 Å². The number of halogens is 1. The van der Waals surface area contributed by atoms with E-state index < -0.39 is 0 Å². The fraction of sp³-hybridized carbons (Fsp3) is 0.462. The van der Waals surface area contributed by atoms with Gasteiger partial charge in [0.25, 0.3) is 0 Å². The molecule has 17 heavy (non-hydrogen) atoms. The number of rotatable bonds is 5. The highest BCUT2D eigenvalue weighted by Gasteiger charge is 2.08. The van der Waals surface area contributed by atoms with Crippen molar-refractivity contribution in [3.05, 3.63) is 32.3 Å². The fourth-order valence-corrected chi connectivity index (χ4v) is 2.42. The van der Waals surface area contributed by atoms with Crippen molar-refractivity contribution in [1.29, 1.82) is 0 Å². The van der Waals surface area contributed by atoms with Crippen molar-refractivity contribution in [2.75, 3.05) is 0 Å². The molecule has 0 atom stereocenters. The van der Waals surface area contributed by atoms with Crippen LogP contribution in [0.5, 0.6) is 0 Å². The Morgan fingerprint density at radius 3 is 2.88 bits per heavy atom. The number of aryl methyl sites for hydroxylation is 1. The number of nitrogens with zero attached hydrogens (tertiary/aromatic N) is 1. The molecule has 0 saturated carbocycles. The van der Waals surface area contributed by atoms with Gasteiger partial charge < -0.3 is 4.42 Å². The summed E-state index contributed by atoms with van der Waals surface area (Å²) >= 11 is 2.25. The zero-order valence-corrected chi connectivity index (χ0v) is 12.1. The van der Waals surface area contributed by atoms with E-state index in [-0.39, 0.29) is 5.76 Å². The van der Waals surface area contributed by atoms with Crippen molar-refractivity contribution in [1.82, 2.24) is 4.57 Å². The molecule has 3 nitrogen and oxygen atoms in total. The van der Waals surface area contributed by atoms with Crippen molar-refractivity contribution >= 4 is 33.7 Å². The molecule has 0 aliphatic heterocycles. The summed E-state index contributed by atoms with van der Waals surface area (Å²) in [5, 5.41) is 0. The number of hydrogen-bond acceptors (Lipinski definition) is 2. The smallest absolute Gasteiger partial charge is 0.408 e. The zero-order chi connectivity index (χ0) is 12.3. The van der Waals surface area contributed by atoms with Crippen LogP contribution >= 0.6 is 22.6 Å². The van der Waals surface area contributed by atoms with Gasteiger partial charge in [-0.05, 0) is 47.2 Å². The lowest BCUT2D eigenvalue weighted by Crippen LogP contribution is -2.14. The van der Waals surface area contributed by atoms with Gasteiger partial charge in [-0.25, -0.2) is 4.79 Å². The van der Waals surface area contributed by atoms with E-state index in [1.807, 2.05) is 18.2 Å². The molecule has 0 amide bonds. The molecule has 0 radical (unpaired) electrons. The number of aromatic nitrogens is 1. The monoisotopic (exact) mass is 345 g/mol. The standard InChI is InChI=1S/C13H16INO2/c1-2-3-4-5-8-15-11-9-10(14)6-7-12(11)17-13(15)16/h6-7,9H,2-5,8H2,1H3. The normalized spacial score (nSPS) is 11.2. The number of unbranched alkanes of at least 4 members (excludes halogenated alkanes) is 3. The van der Waals surface area contributed by atoms with E-state index in [1.165, 1.54) is 19.3 Å². The molecule has 2 rings (SSSR count). The van der Waals surface area contributed by atoms with E-state index >= 15 is 0 Å². The largest absolute Gasteiger partial charge is 0.419 e. The lowest BCUT2D eigenvalue weighted by Gasteiger charge is -2.01. The lowest BCUT2D eigenvalue weighted by molar-refractivity contribution is 0.488. The Hall–Kier alpha value is -0.780. The van der Waals surface area contributed by atoms with Gasteiger partial charge in [-0.3, -0.25) is 4.57 Å². The Balaban J connectivity index is 2.23. The third kappa shape index (κ3) is 2.91. The second-order valence-electron chi connectivity index (χ2n) is 4.19. The second kappa shape index (κ2) is 5.71. The Labute approximate surface area is 114 Å². The quantitative estimate of drug-likeness (QED) is 0.611. The van der Waals surface area contributed by atoms with Crippen molar-refractivity contribution in [2.24, 2.45) is 0 Å². The van der Waals surface area contributed by atoms with Crippen molar-refractivity contribution < 1.29 is 4.42 Å². The first-order valence-corrected chi connectivity index (χ1v) is 7.09. The minimum absolute atomic E-state index is 0.238. The highest BCUT2D eigenvalue weighted by molar-refractivity contribution is 14.1. The Morgan fingerprint density at radius 2 is 2.12 bits per heavy atom. The maximum Gasteiger partial charge on any atom is 0.419 e. The minimum atomic E-state index is -0.238. The summed E-state index contributed by atoms with van der Waals surface area (Å²) in [5.41, 5.74) is 1.60. The molecule has 0 N–H and O–H groups in total. The maximum atomic E-state index is 11.7. The summed E-state index contributed by atoms with van der Waals surface area (Å²) in [6.45, 7) is 2.94. The van der Waals surface area contributed by atoms with E-state index in [0.29, 0.717) is 5.58 Å². The van der Waals surface area contributed by atoms with Crippen molar-refractivity contribution in [3.63, 3.8) is 0 Å². The first-order valence-electron chi connectivity index (χ1n) is 6.01. The number of benzene rings is 1. The van der Waals surface area contributed by atoms with Crippen LogP contribution in [0, 0.1) is 3.57 Å². The van der Waals surface area contributed by atoms with Crippen molar-refractivity contribution in [3.8, 4) is 0 Å². The van der Waals surface area contributed by atoms with E-state index in [2.05, 4.69) is 29.5 Å². The summed E-state index contributed by atoms with van der Waals surface area (Å²) in [6, 6.07) is 5.81. The van der Waals surface area contributed by atoms with Crippen LogP contribution < -0.4 is 5.76 Å². The first kappa shape index (κ1) is 12.7. The van der Waals surface area contributed by atoms with E-state index in [4.69, 9.17) is 4.42 Å². The number of hydrogen-bond donors (Lipinski definition) is 0. The molecule has 0 aliphatic carbocycles. The summed E-state index contributed by atoms with van der Waals surface area (Å²) in [5.74, 6) is -0.238. The molecule has 0 saturated heterocycles. The molecule has 4 heteroatoms. The van der Waals surface area contributed by atoms with Crippen LogP contribution in [-0.4, -0.2) is 4.57 Å². The van der Waals surface area contributed by atoms with Crippen LogP contribution in [0.15, 0.2) is 27.4 Å². The van der Waals surface area contributed by atoms with Crippen LogP contribution in [0.25, 0.3) is 11.1 Å². The van der Waals surface area contributed by atoms with Gasteiger partial charge in [0.1, 0.15) is 0 Å². The molecule has 0 unspecified atom stereocenters. The van der Waals surface area contributed by atoms with Crippen LogP contribution in [-0.2, 0) is 6.54 Å². The predicted molar refractivity (Wildman–Crippen MR) is 77.3 cm³/mol. The van der Waals surface area contributed by atoms with Crippen molar-refractivity contribution in [2.45, 2.75) is 39.2 Å². The molecule has 0 bridgehead atoms. The molecule has 92 valence electrons. The van der Waals surface area contributed by atoms with E-state index in [1.54, 1.807) is 4.57 Å². The first-order chi connectivity index (χ1) is 8.22. The molecule has 1 aromatic heterocycles. The maximum absolute atomic E-state index is 11.7. The van der Waals surface area contributed by atoms with E-state index in [9.17, 15) is 4.79 Å². The SMILES string of the molecule is CCCCCCn1c(=O)oc2ccc(I)cc21. The zero-order valence-electron chi connectivity index (χ0n) is 9.91. The van der Waals surface area contributed by atoms with Gasteiger partial charge in [0.2, 0.25) is 0 Å². The molecule has 0 aliphatic rings. The lowest BCUT2D eigenvalue weighted by atomic mass is 10.2. The van der Waals surface area contributed by atoms with Crippen LogP contribution in [0.2, 0.25) is 0 Å². The third-order valence-electron chi connectivity index (χ3n) is 2.86. The van der Waals surface area contributed by atoms with Gasteiger partial charge in [-0.1, -0.05) is 26.2 Å². The number of oxazole rings is 1. The summed E-state index contributed by atoms with van der Waals surface area (Å²) in [6.07, 6.45) is 4.63. The summed E-state index contributed by atoms with van der Waals surface area (Å²) < 4.78 is 8.08. The Bertz CT molecular complexity index is 556. The molecule has 1 aromatic carbocycles. The molecule has 2 aromatic rings. The Kier molecular flexibility index (Phi) is 4.25. The van der Waals surface area contributed by atoms with Crippen LogP contribution in [0.1, 0.15) is 32.6 Å². The molecule has 0 fully saturated rings. The minimum Gasteiger partial charge on any atom is -0.408 e. The molecular weight excluding hydrogens is 329 g/mol. The average molecular weight is 345 g/mol. The predicted octanol–water partition coefficient (Wildman–Crippen LogP) is 3.78. The van der Waals surface area contributed by atoms with Gasteiger partial charge in [-0.15, -0.1) is 0 Å². The fourth-order valence-electron chi connectivity index (χ4n) is 1.94. The third-order valence-corrected chi connectivity index (χ3v) is 3.54. The molecular formula is C13H16INO2. The molecule has 0 spiro atoms. The van der Waals surface area contributed by atoms with Crippen LogP contribution in [0.4, 0.5) is 0 Å². The highest BCUT2D eigenvalue weighted by atomic mass is 127.